The van der Waals surface area contributed by atoms with E-state index in [0.717, 1.165) is 31.9 Å². The SMILES string of the molecule is CS(=O)(=O)c1ncc2cc3n(c2n1)[C@@H]1CCCC[C@@H]1NC3=O. The Balaban J connectivity index is 1.98. The van der Waals surface area contributed by atoms with Gasteiger partial charge in [0.25, 0.3) is 5.91 Å². The largest absolute Gasteiger partial charge is 0.346 e. The molecule has 4 rings (SSSR count). The van der Waals surface area contributed by atoms with Gasteiger partial charge in [0.05, 0.1) is 6.04 Å². The van der Waals surface area contributed by atoms with Crippen LogP contribution in [0.3, 0.4) is 0 Å². The zero-order chi connectivity index (χ0) is 15.5. The molecule has 0 saturated heterocycles. The maximum absolute atomic E-state index is 12.3. The molecule has 2 aliphatic rings. The molecule has 2 aromatic rings. The molecule has 7 nitrogen and oxygen atoms in total. The van der Waals surface area contributed by atoms with Crippen LogP contribution in [0.25, 0.3) is 11.0 Å². The van der Waals surface area contributed by atoms with Gasteiger partial charge in [0.15, 0.2) is 0 Å². The number of sulfone groups is 1. The van der Waals surface area contributed by atoms with Crippen molar-refractivity contribution in [3.05, 3.63) is 18.0 Å². The summed E-state index contributed by atoms with van der Waals surface area (Å²) in [6.45, 7) is 0. The van der Waals surface area contributed by atoms with Crippen LogP contribution in [0.4, 0.5) is 0 Å². The van der Waals surface area contributed by atoms with Gasteiger partial charge in [0, 0.05) is 23.9 Å². The molecule has 116 valence electrons. The van der Waals surface area contributed by atoms with E-state index in [9.17, 15) is 13.2 Å². The minimum Gasteiger partial charge on any atom is -0.346 e. The topological polar surface area (TPSA) is 93.9 Å². The molecular weight excluding hydrogens is 304 g/mol. The molecule has 1 N–H and O–H groups in total. The van der Waals surface area contributed by atoms with Gasteiger partial charge in [0.2, 0.25) is 15.0 Å². The number of amides is 1. The Bertz CT molecular complexity index is 887. The first-order chi connectivity index (χ1) is 10.4. The molecule has 2 atom stereocenters. The fourth-order valence-corrected chi connectivity index (χ4v) is 4.01. The molecule has 1 aliphatic carbocycles. The zero-order valence-corrected chi connectivity index (χ0v) is 12.9. The Hall–Kier alpha value is -1.96. The second-order valence-electron chi connectivity index (χ2n) is 6.04. The predicted octanol–water partition coefficient (Wildman–Crippen LogP) is 1.06. The van der Waals surface area contributed by atoms with Crippen LogP contribution >= 0.6 is 0 Å². The first-order valence-electron chi connectivity index (χ1n) is 7.34. The quantitative estimate of drug-likeness (QED) is 0.793. The van der Waals surface area contributed by atoms with Gasteiger partial charge >= 0.3 is 0 Å². The molecule has 1 saturated carbocycles. The molecule has 8 heteroatoms. The van der Waals surface area contributed by atoms with E-state index in [0.29, 0.717) is 16.7 Å². The van der Waals surface area contributed by atoms with Crippen LogP contribution in [-0.4, -0.2) is 41.2 Å². The zero-order valence-electron chi connectivity index (χ0n) is 12.1. The van der Waals surface area contributed by atoms with Crippen molar-refractivity contribution in [1.82, 2.24) is 19.9 Å². The lowest BCUT2D eigenvalue weighted by atomic mass is 9.88. The van der Waals surface area contributed by atoms with Crippen molar-refractivity contribution in [2.24, 2.45) is 0 Å². The summed E-state index contributed by atoms with van der Waals surface area (Å²) in [5, 5.41) is 3.56. The van der Waals surface area contributed by atoms with E-state index >= 15 is 0 Å². The Labute approximate surface area is 127 Å². The summed E-state index contributed by atoms with van der Waals surface area (Å²) < 4.78 is 25.3. The van der Waals surface area contributed by atoms with Crippen molar-refractivity contribution in [3.63, 3.8) is 0 Å². The predicted molar refractivity (Wildman–Crippen MR) is 79.4 cm³/mol. The van der Waals surface area contributed by atoms with Gasteiger partial charge in [0.1, 0.15) is 11.3 Å². The molecule has 1 aliphatic heterocycles. The number of carbonyl (C=O) groups excluding carboxylic acids is 1. The number of hydrogen-bond donors (Lipinski definition) is 1. The third-order valence-corrected chi connectivity index (χ3v) is 5.36. The number of nitrogens with zero attached hydrogens (tertiary/aromatic N) is 3. The number of rotatable bonds is 1. The minimum absolute atomic E-state index is 0.0981. The van der Waals surface area contributed by atoms with Gasteiger partial charge in [-0.25, -0.2) is 13.4 Å². The number of hydrogen-bond acceptors (Lipinski definition) is 5. The molecule has 0 spiro atoms. The third kappa shape index (κ3) is 1.93. The molecule has 0 aromatic carbocycles. The number of carbonyl (C=O) groups is 1. The maximum Gasteiger partial charge on any atom is 0.268 e. The normalized spacial score (nSPS) is 24.7. The molecule has 22 heavy (non-hydrogen) atoms. The van der Waals surface area contributed by atoms with E-state index in [2.05, 4.69) is 15.3 Å². The molecule has 1 amide bonds. The van der Waals surface area contributed by atoms with Gasteiger partial charge in [-0.15, -0.1) is 0 Å². The first-order valence-corrected chi connectivity index (χ1v) is 9.23. The Kier molecular flexibility index (Phi) is 2.81. The molecule has 0 unspecified atom stereocenters. The Morgan fingerprint density at radius 1 is 1.32 bits per heavy atom. The highest BCUT2D eigenvalue weighted by Gasteiger charge is 2.36. The van der Waals surface area contributed by atoms with Crippen LogP contribution in [0.1, 0.15) is 42.2 Å². The van der Waals surface area contributed by atoms with Crippen LogP contribution in [0, 0.1) is 0 Å². The second kappa shape index (κ2) is 4.52. The van der Waals surface area contributed by atoms with Gasteiger partial charge in [-0.2, -0.15) is 4.98 Å². The highest BCUT2D eigenvalue weighted by molar-refractivity contribution is 7.90. The van der Waals surface area contributed by atoms with Crippen LogP contribution in [-0.2, 0) is 9.84 Å². The highest BCUT2D eigenvalue weighted by atomic mass is 32.2. The van der Waals surface area contributed by atoms with Crippen molar-refractivity contribution in [2.45, 2.75) is 42.9 Å². The van der Waals surface area contributed by atoms with E-state index in [-0.39, 0.29) is 23.1 Å². The van der Waals surface area contributed by atoms with Gasteiger partial charge in [-0.3, -0.25) is 4.79 Å². The van der Waals surface area contributed by atoms with Crippen molar-refractivity contribution in [2.75, 3.05) is 6.26 Å². The monoisotopic (exact) mass is 320 g/mol. The molecule has 2 aromatic heterocycles. The summed E-state index contributed by atoms with van der Waals surface area (Å²) >= 11 is 0. The minimum atomic E-state index is -3.48. The lowest BCUT2D eigenvalue weighted by Crippen LogP contribution is -2.48. The molecule has 1 fully saturated rings. The fraction of sp³-hybridized carbons (Fsp3) is 0.500. The van der Waals surface area contributed by atoms with E-state index in [1.54, 1.807) is 6.07 Å². The standard InChI is InChI=1S/C14H16N4O3S/c1-22(20,21)14-15-7-8-6-11-13(19)16-9-4-2-3-5-10(9)18(11)12(8)17-14/h6-7,9-10H,2-5H2,1H3,(H,16,19)/t9-,10+/m0/s1. The Morgan fingerprint density at radius 3 is 2.86 bits per heavy atom. The molecular formula is C14H16N4O3S. The summed E-state index contributed by atoms with van der Waals surface area (Å²) in [6.07, 6.45) is 6.67. The van der Waals surface area contributed by atoms with Crippen LogP contribution < -0.4 is 5.32 Å². The van der Waals surface area contributed by atoms with Crippen LogP contribution in [0.5, 0.6) is 0 Å². The fourth-order valence-electron chi connectivity index (χ4n) is 3.51. The number of fused-ring (bicyclic) bond motifs is 5. The maximum atomic E-state index is 12.3. The summed E-state index contributed by atoms with van der Waals surface area (Å²) in [4.78, 5) is 20.4. The number of nitrogens with one attached hydrogen (secondary N) is 1. The summed E-state index contributed by atoms with van der Waals surface area (Å²) in [6, 6.07) is 1.98. The third-order valence-electron chi connectivity index (χ3n) is 4.50. The van der Waals surface area contributed by atoms with Crippen molar-refractivity contribution in [1.29, 1.82) is 0 Å². The lowest BCUT2D eigenvalue weighted by molar-refractivity contribution is 0.0855. The van der Waals surface area contributed by atoms with Crippen molar-refractivity contribution >= 4 is 26.8 Å². The summed E-state index contributed by atoms with van der Waals surface area (Å²) in [5.41, 5.74) is 1.08. The van der Waals surface area contributed by atoms with Crippen molar-refractivity contribution < 1.29 is 13.2 Å². The van der Waals surface area contributed by atoms with E-state index in [4.69, 9.17) is 0 Å². The van der Waals surface area contributed by atoms with E-state index < -0.39 is 9.84 Å². The van der Waals surface area contributed by atoms with Crippen molar-refractivity contribution in [3.8, 4) is 0 Å². The molecule has 0 bridgehead atoms. The Morgan fingerprint density at radius 2 is 2.09 bits per heavy atom. The summed E-state index contributed by atoms with van der Waals surface area (Å²) in [7, 11) is -3.48. The molecule has 3 heterocycles. The van der Waals surface area contributed by atoms with Gasteiger partial charge in [-0.05, 0) is 18.9 Å². The van der Waals surface area contributed by atoms with E-state index in [1.807, 2.05) is 4.57 Å². The van der Waals surface area contributed by atoms with Crippen LogP contribution in [0.2, 0.25) is 0 Å². The lowest BCUT2D eigenvalue weighted by Gasteiger charge is -2.38. The van der Waals surface area contributed by atoms with Gasteiger partial charge < -0.3 is 9.88 Å². The van der Waals surface area contributed by atoms with E-state index in [1.165, 1.54) is 6.20 Å². The van der Waals surface area contributed by atoms with Gasteiger partial charge in [-0.1, -0.05) is 12.8 Å². The average molecular weight is 320 g/mol. The number of aromatic nitrogens is 3. The average Bonchev–Trinajstić information content (AvgIpc) is 2.86. The second-order valence-corrected chi connectivity index (χ2v) is 7.94. The summed E-state index contributed by atoms with van der Waals surface area (Å²) in [5.74, 6) is -0.123. The van der Waals surface area contributed by atoms with Crippen LogP contribution in [0.15, 0.2) is 17.4 Å². The highest BCUT2D eigenvalue weighted by Crippen LogP contribution is 2.36. The first kappa shape index (κ1) is 13.7. The smallest absolute Gasteiger partial charge is 0.268 e. The molecule has 0 radical (unpaired) electrons.